The van der Waals surface area contributed by atoms with Crippen molar-refractivity contribution in [3.63, 3.8) is 0 Å². The van der Waals surface area contributed by atoms with Crippen molar-refractivity contribution >= 4 is 33.1 Å². The van der Waals surface area contributed by atoms with Gasteiger partial charge in [0.25, 0.3) is 5.56 Å². The lowest BCUT2D eigenvalue weighted by Gasteiger charge is -2.15. The van der Waals surface area contributed by atoms with Crippen LogP contribution in [0.5, 0.6) is 0 Å². The van der Waals surface area contributed by atoms with Crippen LogP contribution in [-0.2, 0) is 24.2 Å². The molecule has 0 fully saturated rings. The average molecular weight is 444 g/mol. The van der Waals surface area contributed by atoms with Crippen molar-refractivity contribution in [3.05, 3.63) is 80.5 Å². The third kappa shape index (κ3) is 3.75. The third-order valence-electron chi connectivity index (χ3n) is 6.08. The van der Waals surface area contributed by atoms with Crippen molar-refractivity contribution < 1.29 is 4.79 Å². The third-order valence-corrected chi connectivity index (χ3v) is 7.26. The van der Waals surface area contributed by atoms with Crippen LogP contribution in [0.15, 0.2) is 53.3 Å². The highest BCUT2D eigenvalue weighted by molar-refractivity contribution is 7.18. The first kappa shape index (κ1) is 20.6. The first-order valence-electron chi connectivity index (χ1n) is 11.0. The Labute approximate surface area is 190 Å². The van der Waals surface area contributed by atoms with E-state index in [0.29, 0.717) is 11.2 Å². The molecule has 1 amide bonds. The van der Waals surface area contributed by atoms with Gasteiger partial charge in [-0.2, -0.15) is 0 Å². The Morgan fingerprint density at radius 3 is 2.69 bits per heavy atom. The topological polar surface area (TPSA) is 64.0 Å². The highest BCUT2D eigenvalue weighted by Gasteiger charge is 2.23. The van der Waals surface area contributed by atoms with E-state index < -0.39 is 0 Å². The molecule has 0 bridgehead atoms. The molecule has 1 N–H and O–H groups in total. The molecule has 2 heterocycles. The van der Waals surface area contributed by atoms with Crippen LogP contribution in [-0.4, -0.2) is 15.5 Å². The Hall–Kier alpha value is -3.25. The monoisotopic (exact) mass is 443 g/mol. The predicted molar refractivity (Wildman–Crippen MR) is 131 cm³/mol. The molecule has 0 unspecified atom stereocenters. The summed E-state index contributed by atoms with van der Waals surface area (Å²) in [5, 5.41) is 3.68. The van der Waals surface area contributed by atoms with Crippen LogP contribution in [0.1, 0.15) is 34.4 Å². The average Bonchev–Trinajstić information content (AvgIpc) is 3.17. The Kier molecular flexibility index (Phi) is 5.39. The Bertz CT molecular complexity index is 1390. The van der Waals surface area contributed by atoms with E-state index in [1.807, 2.05) is 62.4 Å². The minimum atomic E-state index is -0.233. The Morgan fingerprint density at radius 2 is 1.88 bits per heavy atom. The van der Waals surface area contributed by atoms with Gasteiger partial charge in [0.1, 0.15) is 17.2 Å². The van der Waals surface area contributed by atoms with Gasteiger partial charge in [0.2, 0.25) is 5.91 Å². The maximum atomic E-state index is 13.7. The van der Waals surface area contributed by atoms with Gasteiger partial charge in [0.05, 0.1) is 5.39 Å². The van der Waals surface area contributed by atoms with Crippen molar-refractivity contribution in [2.45, 2.75) is 46.1 Å². The molecule has 0 atom stereocenters. The standard InChI is InChI=1S/C26H25N3O2S/c1-16-12-13-17(2)20(14-16)27-22(30)15-29-24(18-8-4-3-5-9-18)28-25-23(26(29)31)19-10-6-7-11-21(19)32-25/h3-5,8-9,12-14H,6-7,10-11,15H2,1-2H3,(H,27,30). The number of anilines is 1. The molecule has 32 heavy (non-hydrogen) atoms. The molecule has 0 aliphatic heterocycles. The zero-order valence-electron chi connectivity index (χ0n) is 18.3. The molecule has 5 nitrogen and oxygen atoms in total. The van der Waals surface area contributed by atoms with E-state index in [-0.39, 0.29) is 18.0 Å². The van der Waals surface area contributed by atoms with Gasteiger partial charge in [-0.15, -0.1) is 11.3 Å². The summed E-state index contributed by atoms with van der Waals surface area (Å²) in [6.07, 6.45) is 4.15. The first-order valence-corrected chi connectivity index (χ1v) is 11.8. The van der Waals surface area contributed by atoms with E-state index in [4.69, 9.17) is 4.98 Å². The zero-order chi connectivity index (χ0) is 22.2. The molecule has 1 aliphatic rings. The summed E-state index contributed by atoms with van der Waals surface area (Å²) in [6.45, 7) is 3.87. The smallest absolute Gasteiger partial charge is 0.263 e. The minimum Gasteiger partial charge on any atom is -0.324 e. The maximum Gasteiger partial charge on any atom is 0.263 e. The predicted octanol–water partition coefficient (Wildman–Crippen LogP) is 5.26. The molecule has 4 aromatic rings. The van der Waals surface area contributed by atoms with Crippen molar-refractivity contribution in [1.82, 2.24) is 9.55 Å². The molecule has 6 heteroatoms. The van der Waals surface area contributed by atoms with Gasteiger partial charge in [-0.25, -0.2) is 4.98 Å². The van der Waals surface area contributed by atoms with Gasteiger partial charge in [-0.05, 0) is 62.3 Å². The lowest BCUT2D eigenvalue weighted by atomic mass is 9.97. The summed E-state index contributed by atoms with van der Waals surface area (Å²) in [5.74, 6) is 0.307. The molecular formula is C26H25N3O2S. The van der Waals surface area contributed by atoms with Crippen molar-refractivity contribution in [2.24, 2.45) is 0 Å². The maximum absolute atomic E-state index is 13.7. The molecule has 0 saturated carbocycles. The molecule has 0 spiro atoms. The van der Waals surface area contributed by atoms with E-state index in [2.05, 4.69) is 5.32 Å². The summed E-state index contributed by atoms with van der Waals surface area (Å²) in [7, 11) is 0. The molecule has 5 rings (SSSR count). The number of carbonyl (C=O) groups is 1. The van der Waals surface area contributed by atoms with Gasteiger partial charge < -0.3 is 5.32 Å². The lowest BCUT2D eigenvalue weighted by molar-refractivity contribution is -0.116. The number of hydrogen-bond acceptors (Lipinski definition) is 4. The van der Waals surface area contributed by atoms with E-state index in [1.54, 1.807) is 15.9 Å². The molecule has 2 aromatic carbocycles. The summed E-state index contributed by atoms with van der Waals surface area (Å²) < 4.78 is 1.54. The molecular weight excluding hydrogens is 418 g/mol. The van der Waals surface area contributed by atoms with Gasteiger partial charge in [-0.3, -0.25) is 14.2 Å². The fourth-order valence-corrected chi connectivity index (χ4v) is 5.65. The van der Waals surface area contributed by atoms with E-state index in [9.17, 15) is 9.59 Å². The van der Waals surface area contributed by atoms with Crippen LogP contribution in [0.4, 0.5) is 5.69 Å². The van der Waals surface area contributed by atoms with Crippen LogP contribution in [0, 0.1) is 13.8 Å². The van der Waals surface area contributed by atoms with Crippen molar-refractivity contribution in [1.29, 1.82) is 0 Å². The van der Waals surface area contributed by atoms with E-state index in [0.717, 1.165) is 58.5 Å². The number of amides is 1. The molecule has 2 aromatic heterocycles. The van der Waals surface area contributed by atoms with Crippen molar-refractivity contribution in [2.75, 3.05) is 5.32 Å². The highest BCUT2D eigenvalue weighted by Crippen LogP contribution is 2.34. The SMILES string of the molecule is Cc1ccc(C)c(NC(=O)Cn2c(-c3ccccc3)nc3sc4c(c3c2=O)CCCC4)c1. The lowest BCUT2D eigenvalue weighted by Crippen LogP contribution is -2.30. The summed E-state index contributed by atoms with van der Waals surface area (Å²) in [5.41, 5.74) is 4.67. The second kappa shape index (κ2) is 8.36. The summed E-state index contributed by atoms with van der Waals surface area (Å²) in [6, 6.07) is 15.6. The van der Waals surface area contributed by atoms with Crippen molar-refractivity contribution in [3.8, 4) is 11.4 Å². The van der Waals surface area contributed by atoms with Crippen LogP contribution in [0.25, 0.3) is 21.6 Å². The quantitative estimate of drug-likeness (QED) is 0.468. The van der Waals surface area contributed by atoms with Gasteiger partial charge >= 0.3 is 0 Å². The number of aromatic nitrogens is 2. The van der Waals surface area contributed by atoms with Gasteiger partial charge in [-0.1, -0.05) is 42.5 Å². The second-order valence-corrected chi connectivity index (χ2v) is 9.53. The van der Waals surface area contributed by atoms with E-state index in [1.165, 1.54) is 4.88 Å². The van der Waals surface area contributed by atoms with Crippen LogP contribution in [0.2, 0.25) is 0 Å². The second-order valence-electron chi connectivity index (χ2n) is 8.45. The Balaban J connectivity index is 1.61. The number of nitrogens with one attached hydrogen (secondary N) is 1. The molecule has 1 aliphatic carbocycles. The number of benzene rings is 2. The van der Waals surface area contributed by atoms with Gasteiger partial charge in [0, 0.05) is 16.1 Å². The fraction of sp³-hybridized carbons (Fsp3) is 0.269. The number of aryl methyl sites for hydroxylation is 4. The fourth-order valence-electron chi connectivity index (χ4n) is 4.40. The largest absolute Gasteiger partial charge is 0.324 e. The van der Waals surface area contributed by atoms with Crippen LogP contribution in [0.3, 0.4) is 0 Å². The Morgan fingerprint density at radius 1 is 1.09 bits per heavy atom. The number of thiophene rings is 1. The number of rotatable bonds is 4. The molecule has 0 radical (unpaired) electrons. The number of nitrogens with zero attached hydrogens (tertiary/aromatic N) is 2. The minimum absolute atomic E-state index is 0.0794. The number of fused-ring (bicyclic) bond motifs is 3. The van der Waals surface area contributed by atoms with Crippen LogP contribution >= 0.6 is 11.3 Å². The van der Waals surface area contributed by atoms with Gasteiger partial charge in [0.15, 0.2) is 0 Å². The number of hydrogen-bond donors (Lipinski definition) is 1. The molecule has 0 saturated heterocycles. The summed E-state index contributed by atoms with van der Waals surface area (Å²) >= 11 is 1.63. The first-order chi connectivity index (χ1) is 15.5. The van der Waals surface area contributed by atoms with Crippen LogP contribution < -0.4 is 10.9 Å². The molecule has 162 valence electrons. The number of carbonyl (C=O) groups excluding carboxylic acids is 1. The summed E-state index contributed by atoms with van der Waals surface area (Å²) in [4.78, 5) is 33.7. The highest BCUT2D eigenvalue weighted by atomic mass is 32.1. The van der Waals surface area contributed by atoms with E-state index >= 15 is 0 Å². The normalized spacial score (nSPS) is 13.2. The zero-order valence-corrected chi connectivity index (χ0v) is 19.1.